The summed E-state index contributed by atoms with van der Waals surface area (Å²) in [6.45, 7) is 0. The highest BCUT2D eigenvalue weighted by Crippen LogP contribution is 2.41. The lowest BCUT2D eigenvalue weighted by molar-refractivity contribution is -0.150. The second kappa shape index (κ2) is 9.97. The van der Waals surface area contributed by atoms with E-state index in [1.807, 2.05) is 4.98 Å². The molecule has 2 aliphatic heterocycles. The van der Waals surface area contributed by atoms with Crippen molar-refractivity contribution in [2.45, 2.75) is 22.7 Å². The first-order valence-electron chi connectivity index (χ1n) is 9.67. The van der Waals surface area contributed by atoms with Crippen LogP contribution in [0.1, 0.15) is 11.5 Å². The molecule has 192 valence electrons. The quantitative estimate of drug-likeness (QED) is 0.153. The van der Waals surface area contributed by atoms with Crippen LogP contribution in [0.5, 0.6) is 0 Å². The van der Waals surface area contributed by atoms with Crippen molar-refractivity contribution < 1.29 is 37.5 Å². The second-order valence-electron chi connectivity index (χ2n) is 7.08. The van der Waals surface area contributed by atoms with E-state index in [1.165, 1.54) is 24.3 Å². The van der Waals surface area contributed by atoms with Crippen LogP contribution in [0.4, 0.5) is 18.3 Å². The minimum Gasteiger partial charge on any atom is -0.477 e. The Morgan fingerprint density at radius 3 is 2.78 bits per heavy atom. The van der Waals surface area contributed by atoms with Crippen LogP contribution in [0.3, 0.4) is 0 Å². The van der Waals surface area contributed by atoms with E-state index in [4.69, 9.17) is 5.73 Å². The van der Waals surface area contributed by atoms with Gasteiger partial charge in [-0.25, -0.2) is 9.78 Å². The molecule has 0 saturated carbocycles. The minimum absolute atomic E-state index is 0.0510. The van der Waals surface area contributed by atoms with E-state index in [0.29, 0.717) is 5.57 Å². The summed E-state index contributed by atoms with van der Waals surface area (Å²) in [5.74, 6) is -4.00. The molecule has 1 saturated heterocycles. The number of carboxylic acid groups (broad SMARTS) is 1. The van der Waals surface area contributed by atoms with Gasteiger partial charge in [0.1, 0.15) is 29.9 Å². The number of nitrogens with two attached hydrogens (primary N) is 1. The van der Waals surface area contributed by atoms with E-state index >= 15 is 0 Å². The molecule has 2 aromatic rings. The van der Waals surface area contributed by atoms with Crippen molar-refractivity contribution in [1.29, 1.82) is 0 Å². The number of nitrogens with zero attached hydrogens (tertiary/aromatic N) is 5. The minimum atomic E-state index is -4.70. The molecule has 0 aromatic carbocycles. The van der Waals surface area contributed by atoms with Gasteiger partial charge in [-0.2, -0.15) is 13.2 Å². The molecule has 0 aliphatic carbocycles. The Labute approximate surface area is 211 Å². The topological polar surface area (TPSA) is 189 Å². The number of nitrogen functional groups attached to an aromatic ring is 1. The lowest BCUT2D eigenvalue weighted by Crippen LogP contribution is -2.71. The zero-order valence-corrected chi connectivity index (χ0v) is 20.3. The van der Waals surface area contributed by atoms with Crippen LogP contribution in [-0.2, 0) is 25.4 Å². The highest BCUT2D eigenvalue weighted by molar-refractivity contribution is 8.01. The van der Waals surface area contributed by atoms with Gasteiger partial charge in [-0.1, -0.05) is 16.9 Å². The van der Waals surface area contributed by atoms with E-state index < -0.39 is 41.2 Å². The molecule has 4 heterocycles. The average molecular weight is 565 g/mol. The molecular formula is C17H15F3N8O5S3. The molecule has 0 radical (unpaired) electrons. The zero-order valence-electron chi connectivity index (χ0n) is 17.9. The number of alkyl halides is 3. The van der Waals surface area contributed by atoms with Crippen molar-refractivity contribution >= 4 is 63.5 Å². The number of carbonyl (C=O) groups is 3. The number of amides is 2. The van der Waals surface area contributed by atoms with Gasteiger partial charge < -0.3 is 26.0 Å². The Morgan fingerprint density at radius 2 is 2.19 bits per heavy atom. The maximum atomic E-state index is 12.8. The van der Waals surface area contributed by atoms with Crippen LogP contribution in [0.15, 0.2) is 27.0 Å². The number of anilines is 1. The predicted molar refractivity (Wildman–Crippen MR) is 122 cm³/mol. The van der Waals surface area contributed by atoms with Gasteiger partial charge in [-0.15, -0.1) is 33.3 Å². The van der Waals surface area contributed by atoms with E-state index in [2.05, 4.69) is 30.5 Å². The van der Waals surface area contributed by atoms with E-state index in [-0.39, 0.29) is 38.9 Å². The predicted octanol–water partition coefficient (Wildman–Crippen LogP) is 0.744. The first-order chi connectivity index (χ1) is 17.0. The number of fused-ring (bicyclic) bond motifs is 1. The smallest absolute Gasteiger partial charge is 0.451 e. The van der Waals surface area contributed by atoms with E-state index in [0.717, 1.165) is 28.0 Å². The van der Waals surface area contributed by atoms with Gasteiger partial charge in [0.25, 0.3) is 11.8 Å². The number of H-pyrrole nitrogens is 1. The van der Waals surface area contributed by atoms with E-state index in [1.54, 1.807) is 0 Å². The van der Waals surface area contributed by atoms with Gasteiger partial charge in [-0.05, 0) is 5.57 Å². The van der Waals surface area contributed by atoms with Crippen LogP contribution < -0.4 is 11.1 Å². The third kappa shape index (κ3) is 4.98. The number of rotatable bonds is 8. The number of halogens is 3. The third-order valence-corrected chi connectivity index (χ3v) is 7.78. The summed E-state index contributed by atoms with van der Waals surface area (Å²) in [4.78, 5) is 49.3. The number of nitrogens with one attached hydrogen (secondary N) is 2. The summed E-state index contributed by atoms with van der Waals surface area (Å²) in [7, 11) is 1.22. The molecule has 1 unspecified atom stereocenters. The molecule has 5 N–H and O–H groups in total. The normalized spacial score (nSPS) is 20.2. The molecule has 1 fully saturated rings. The summed E-state index contributed by atoms with van der Waals surface area (Å²) in [6, 6.07) is -1.05. The van der Waals surface area contributed by atoms with Crippen molar-refractivity contribution in [2.75, 3.05) is 24.3 Å². The van der Waals surface area contributed by atoms with E-state index in [9.17, 15) is 32.7 Å². The third-order valence-electron chi connectivity index (χ3n) is 4.82. The average Bonchev–Trinajstić information content (AvgIpc) is 3.47. The Balaban J connectivity index is 1.47. The lowest BCUT2D eigenvalue weighted by atomic mass is 10.0. The molecule has 2 amide bonds. The molecule has 4 rings (SSSR count). The first-order valence-corrected chi connectivity index (χ1v) is 12.6. The van der Waals surface area contributed by atoms with Crippen molar-refractivity contribution in [3.8, 4) is 0 Å². The number of β-lactam (4-membered cyclic amide) rings is 1. The monoisotopic (exact) mass is 564 g/mol. The number of carbonyl (C=O) groups excluding carboxylic acids is 2. The number of aromatic nitrogens is 4. The highest BCUT2D eigenvalue weighted by atomic mass is 32.2. The number of thioether (sulfide) groups is 2. The van der Waals surface area contributed by atoms with Gasteiger partial charge in [-0.3, -0.25) is 14.5 Å². The SMILES string of the molecule is CON=C(C(=O)NC1C(=O)N2C(C(=O)O)=C(CSc3nnc(C(F)(F)F)[nH]3)CS[C@@H]12)c1csc(N)n1. The fourth-order valence-electron chi connectivity index (χ4n) is 3.29. The number of thiazole rings is 1. The molecular weight excluding hydrogens is 549 g/mol. The van der Waals surface area contributed by atoms with Gasteiger partial charge in [0.05, 0.1) is 0 Å². The largest absolute Gasteiger partial charge is 0.477 e. The lowest BCUT2D eigenvalue weighted by Gasteiger charge is -2.49. The van der Waals surface area contributed by atoms with Gasteiger partial charge >= 0.3 is 12.1 Å². The summed E-state index contributed by atoms with van der Waals surface area (Å²) >= 11 is 3.08. The molecule has 0 bridgehead atoms. The zero-order chi connectivity index (χ0) is 26.2. The highest BCUT2D eigenvalue weighted by Gasteiger charge is 2.54. The van der Waals surface area contributed by atoms with Crippen molar-refractivity contribution in [3.63, 3.8) is 0 Å². The molecule has 2 atom stereocenters. The van der Waals surface area contributed by atoms with Crippen molar-refractivity contribution in [1.82, 2.24) is 30.4 Å². The summed E-state index contributed by atoms with van der Waals surface area (Å²) in [5, 5.41) is 23.1. The van der Waals surface area contributed by atoms with Crippen molar-refractivity contribution in [2.24, 2.45) is 5.16 Å². The van der Waals surface area contributed by atoms with Gasteiger partial charge in [0.2, 0.25) is 5.82 Å². The second-order valence-corrected chi connectivity index (χ2v) is 10.0. The number of oxime groups is 1. The van der Waals surface area contributed by atoms with Crippen LogP contribution in [0.25, 0.3) is 0 Å². The Kier molecular flexibility index (Phi) is 7.14. The summed E-state index contributed by atoms with van der Waals surface area (Å²) in [6.07, 6.45) is -4.70. The molecule has 13 nitrogen and oxygen atoms in total. The van der Waals surface area contributed by atoms with Crippen LogP contribution in [-0.4, -0.2) is 83.7 Å². The Morgan fingerprint density at radius 1 is 1.44 bits per heavy atom. The first kappa shape index (κ1) is 25.8. The van der Waals surface area contributed by atoms with Crippen LogP contribution in [0.2, 0.25) is 0 Å². The number of aromatic amines is 1. The molecule has 2 aliphatic rings. The molecule has 2 aromatic heterocycles. The molecule has 19 heteroatoms. The number of hydrogen-bond acceptors (Lipinski definition) is 12. The van der Waals surface area contributed by atoms with Crippen molar-refractivity contribution in [3.05, 3.63) is 28.2 Å². The maximum absolute atomic E-state index is 12.8. The fraction of sp³-hybridized carbons (Fsp3) is 0.353. The summed E-state index contributed by atoms with van der Waals surface area (Å²) < 4.78 is 38.1. The fourth-order valence-corrected chi connectivity index (χ4v) is 6.13. The molecule has 36 heavy (non-hydrogen) atoms. The molecule has 0 spiro atoms. The van der Waals surface area contributed by atoms with Crippen LogP contribution in [0, 0.1) is 0 Å². The van der Waals surface area contributed by atoms with Crippen LogP contribution >= 0.6 is 34.9 Å². The van der Waals surface area contributed by atoms with Gasteiger partial charge in [0, 0.05) is 16.9 Å². The number of carboxylic acids is 1. The number of aliphatic carboxylic acids is 1. The number of hydrogen-bond donors (Lipinski definition) is 4. The Hall–Kier alpha value is -3.32. The Bertz CT molecular complexity index is 1280. The summed E-state index contributed by atoms with van der Waals surface area (Å²) in [5.41, 5.74) is 5.53. The standard InChI is InChI=1S/C17H15F3N8O5S3/c1-33-27-7(6-4-35-15(21)22-6)10(29)23-8-11(30)28-9(13(31)32)5(2-34-12(8)28)3-36-16-24-14(25-26-16)17(18,19)20/h4,8,12H,2-3H2,1H3,(H2,21,22)(H,23,29)(H,31,32)(H,24,25,26)/t8?,12-/m0/s1. The van der Waals surface area contributed by atoms with Gasteiger partial charge in [0.15, 0.2) is 16.0 Å². The maximum Gasteiger partial charge on any atom is 0.451 e.